The zero-order valence-corrected chi connectivity index (χ0v) is 22.1. The van der Waals surface area contributed by atoms with E-state index in [1.807, 2.05) is 29.6 Å². The van der Waals surface area contributed by atoms with E-state index in [4.69, 9.17) is 14.2 Å². The monoisotopic (exact) mass is 538 g/mol. The van der Waals surface area contributed by atoms with Crippen molar-refractivity contribution < 1.29 is 28.2 Å². The molecule has 1 saturated heterocycles. The summed E-state index contributed by atoms with van der Waals surface area (Å²) >= 11 is 1.67. The number of methoxy groups -OCH3 is 1. The third-order valence-corrected chi connectivity index (χ3v) is 8.03. The van der Waals surface area contributed by atoms with Crippen molar-refractivity contribution in [2.75, 3.05) is 40.0 Å². The molecule has 0 aliphatic carbocycles. The van der Waals surface area contributed by atoms with Crippen molar-refractivity contribution in [3.8, 4) is 11.5 Å². The molecule has 2 aliphatic rings. The minimum absolute atomic E-state index is 0.0463. The van der Waals surface area contributed by atoms with Crippen LogP contribution in [-0.2, 0) is 16.0 Å². The minimum Gasteiger partial charge on any atom is -0.497 e. The molecule has 0 saturated carbocycles. The molecule has 2 amide bonds. The van der Waals surface area contributed by atoms with E-state index in [-0.39, 0.29) is 43.3 Å². The fourth-order valence-corrected chi connectivity index (χ4v) is 5.98. The second kappa shape index (κ2) is 12.0. The fraction of sp³-hybridized carbons (Fsp3) is 0.379. The quantitative estimate of drug-likeness (QED) is 0.394. The number of carbonyl (C=O) groups is 2. The smallest absolute Gasteiger partial charge is 0.257 e. The van der Waals surface area contributed by atoms with E-state index in [0.717, 1.165) is 24.8 Å². The lowest BCUT2D eigenvalue weighted by molar-refractivity contribution is -0.135. The van der Waals surface area contributed by atoms with Crippen molar-refractivity contribution >= 4 is 23.2 Å². The highest BCUT2D eigenvalue weighted by molar-refractivity contribution is 7.10. The van der Waals surface area contributed by atoms with Gasteiger partial charge >= 0.3 is 0 Å². The topological polar surface area (TPSA) is 68.3 Å². The van der Waals surface area contributed by atoms with Crippen LogP contribution < -0.4 is 9.47 Å². The van der Waals surface area contributed by atoms with Gasteiger partial charge in [0.05, 0.1) is 24.8 Å². The number of ether oxygens (including phenoxy) is 3. The third-order valence-electron chi connectivity index (χ3n) is 7.03. The highest BCUT2D eigenvalue weighted by atomic mass is 32.1. The van der Waals surface area contributed by atoms with Crippen LogP contribution in [0.5, 0.6) is 11.5 Å². The Morgan fingerprint density at radius 1 is 1.16 bits per heavy atom. The number of fused-ring (bicyclic) bond motifs is 1. The highest BCUT2D eigenvalue weighted by Crippen LogP contribution is 2.34. The zero-order chi connectivity index (χ0) is 26.5. The molecule has 5 rings (SSSR count). The van der Waals surface area contributed by atoms with Gasteiger partial charge in [-0.05, 0) is 60.5 Å². The lowest BCUT2D eigenvalue weighted by Crippen LogP contribution is -2.49. The molecule has 3 heterocycles. The van der Waals surface area contributed by atoms with Crippen LogP contribution in [0.3, 0.4) is 0 Å². The molecule has 2 aromatic carbocycles. The molecule has 3 aromatic rings. The van der Waals surface area contributed by atoms with Crippen LogP contribution >= 0.6 is 11.3 Å². The van der Waals surface area contributed by atoms with Crippen molar-refractivity contribution in [1.29, 1.82) is 0 Å². The predicted octanol–water partition coefficient (Wildman–Crippen LogP) is 4.72. The number of amides is 2. The summed E-state index contributed by atoms with van der Waals surface area (Å²) in [7, 11) is 1.60. The minimum atomic E-state index is -0.604. The summed E-state index contributed by atoms with van der Waals surface area (Å²) in [6.45, 7) is 1.47. The molecule has 7 nitrogen and oxygen atoms in total. The second-order valence-corrected chi connectivity index (χ2v) is 10.4. The molecular weight excluding hydrogens is 507 g/mol. The molecule has 2 unspecified atom stereocenters. The molecule has 9 heteroatoms. The van der Waals surface area contributed by atoms with Gasteiger partial charge in [-0.2, -0.15) is 0 Å². The van der Waals surface area contributed by atoms with Gasteiger partial charge in [-0.1, -0.05) is 18.2 Å². The van der Waals surface area contributed by atoms with E-state index >= 15 is 0 Å². The van der Waals surface area contributed by atoms with Crippen LogP contribution in [0.15, 0.2) is 60.0 Å². The van der Waals surface area contributed by atoms with Crippen molar-refractivity contribution in [3.05, 3.63) is 81.8 Å². The molecule has 1 fully saturated rings. The van der Waals surface area contributed by atoms with Crippen molar-refractivity contribution in [2.45, 2.75) is 31.4 Å². The Morgan fingerprint density at radius 2 is 2.00 bits per heavy atom. The second-order valence-electron chi connectivity index (χ2n) is 9.44. The fourth-order valence-electron chi connectivity index (χ4n) is 5.05. The van der Waals surface area contributed by atoms with Crippen LogP contribution in [0.25, 0.3) is 0 Å². The van der Waals surface area contributed by atoms with Gasteiger partial charge in [0, 0.05) is 30.6 Å². The first-order valence-corrected chi connectivity index (χ1v) is 13.7. The van der Waals surface area contributed by atoms with E-state index in [1.54, 1.807) is 41.5 Å². The molecule has 0 N–H and O–H groups in total. The summed E-state index contributed by atoms with van der Waals surface area (Å²) in [4.78, 5) is 31.6. The Kier molecular flexibility index (Phi) is 8.24. The number of halogens is 1. The Morgan fingerprint density at radius 3 is 2.79 bits per heavy atom. The zero-order valence-electron chi connectivity index (χ0n) is 21.3. The summed E-state index contributed by atoms with van der Waals surface area (Å²) < 4.78 is 31.7. The Bertz CT molecular complexity index is 1280. The molecule has 0 bridgehead atoms. The van der Waals surface area contributed by atoms with Gasteiger partial charge < -0.3 is 24.0 Å². The molecular formula is C29H31FN2O5S. The van der Waals surface area contributed by atoms with Crippen molar-refractivity contribution in [2.24, 2.45) is 0 Å². The van der Waals surface area contributed by atoms with Crippen LogP contribution in [0, 0.1) is 5.82 Å². The normalized spacial score (nSPS) is 18.6. The average Bonchev–Trinajstić information content (AvgIpc) is 3.63. The number of thiophene rings is 1. The largest absolute Gasteiger partial charge is 0.497 e. The number of benzene rings is 2. The van der Waals surface area contributed by atoms with Crippen molar-refractivity contribution in [3.63, 3.8) is 0 Å². The van der Waals surface area contributed by atoms with Gasteiger partial charge in [0.1, 0.15) is 30.5 Å². The van der Waals surface area contributed by atoms with Crippen LogP contribution in [0.4, 0.5) is 4.39 Å². The van der Waals surface area contributed by atoms with E-state index in [2.05, 4.69) is 0 Å². The Hall–Kier alpha value is -3.43. The van der Waals surface area contributed by atoms with E-state index < -0.39 is 11.7 Å². The van der Waals surface area contributed by atoms with Crippen LogP contribution in [-0.4, -0.2) is 67.7 Å². The summed E-state index contributed by atoms with van der Waals surface area (Å²) in [5.74, 6) is 0.0152. The molecule has 200 valence electrons. The summed E-state index contributed by atoms with van der Waals surface area (Å²) in [5.41, 5.74) is 1.01. The number of nitrogens with zero attached hydrogens (tertiary/aromatic N) is 2. The molecule has 0 radical (unpaired) electrons. The molecule has 0 spiro atoms. The lowest BCUT2D eigenvalue weighted by Gasteiger charge is -2.37. The maximum Gasteiger partial charge on any atom is 0.257 e. The van der Waals surface area contributed by atoms with E-state index in [9.17, 15) is 14.0 Å². The predicted molar refractivity (Wildman–Crippen MR) is 142 cm³/mol. The van der Waals surface area contributed by atoms with Crippen LogP contribution in [0.1, 0.15) is 39.7 Å². The van der Waals surface area contributed by atoms with Crippen molar-refractivity contribution in [1.82, 2.24) is 9.80 Å². The van der Waals surface area contributed by atoms with Gasteiger partial charge in [0.2, 0.25) is 5.91 Å². The van der Waals surface area contributed by atoms with Gasteiger partial charge in [-0.25, -0.2) is 4.39 Å². The first kappa shape index (κ1) is 26.2. The molecule has 38 heavy (non-hydrogen) atoms. The SMILES string of the molecule is COc1cccc(OCC2c3ccsc3CCN2C(=O)CN(CC2CCCO2)C(=O)c2ccccc2F)c1. The van der Waals surface area contributed by atoms with E-state index in [0.29, 0.717) is 24.7 Å². The molecule has 1 aromatic heterocycles. The van der Waals surface area contributed by atoms with Gasteiger partial charge in [-0.15, -0.1) is 11.3 Å². The Labute approximate surface area is 225 Å². The summed E-state index contributed by atoms with van der Waals surface area (Å²) in [5, 5.41) is 2.03. The lowest BCUT2D eigenvalue weighted by atomic mass is 10.00. The van der Waals surface area contributed by atoms with Crippen LogP contribution in [0.2, 0.25) is 0 Å². The molecule has 2 aliphatic heterocycles. The number of rotatable bonds is 9. The van der Waals surface area contributed by atoms with Gasteiger partial charge in [0.25, 0.3) is 5.91 Å². The first-order chi connectivity index (χ1) is 18.5. The maximum atomic E-state index is 14.5. The standard InChI is InChI=1S/C29H31FN2O5S/c1-35-20-6-4-7-21(16-20)37-19-26-24-12-15-38-27(24)11-13-32(26)28(33)18-31(17-22-8-5-14-36-22)29(34)23-9-2-3-10-25(23)30/h2-4,6-7,9-10,12,15-16,22,26H,5,8,11,13-14,17-19H2,1H3. The molecule has 2 atom stereocenters. The van der Waals surface area contributed by atoms with E-state index in [1.165, 1.54) is 21.9 Å². The Balaban J connectivity index is 1.36. The number of carbonyl (C=O) groups excluding carboxylic acids is 2. The van der Waals surface area contributed by atoms with Gasteiger partial charge in [-0.3, -0.25) is 9.59 Å². The summed E-state index contributed by atoms with van der Waals surface area (Å²) in [6.07, 6.45) is 2.27. The third kappa shape index (κ3) is 5.84. The average molecular weight is 539 g/mol. The van der Waals surface area contributed by atoms with Gasteiger partial charge in [0.15, 0.2) is 0 Å². The maximum absolute atomic E-state index is 14.5. The number of hydrogen-bond donors (Lipinski definition) is 0. The number of hydrogen-bond acceptors (Lipinski definition) is 6. The summed E-state index contributed by atoms with van der Waals surface area (Å²) in [6, 6.07) is 15.0. The first-order valence-electron chi connectivity index (χ1n) is 12.8. The highest BCUT2D eigenvalue weighted by Gasteiger charge is 2.35.